The first-order chi connectivity index (χ1) is 15.8. The molecule has 4 aromatic rings. The normalized spacial score (nSPS) is 17.8. The van der Waals surface area contributed by atoms with Gasteiger partial charge in [0.05, 0.1) is 16.1 Å². The summed E-state index contributed by atoms with van der Waals surface area (Å²) < 4.78 is 0. The Morgan fingerprint density at radius 3 is 2.67 bits per heavy atom. The summed E-state index contributed by atoms with van der Waals surface area (Å²) in [7, 11) is 0. The maximum Gasteiger partial charge on any atom is 0.269 e. The van der Waals surface area contributed by atoms with E-state index in [4.69, 9.17) is 23.2 Å². The van der Waals surface area contributed by atoms with Gasteiger partial charge < -0.3 is 0 Å². The van der Waals surface area contributed by atoms with Crippen LogP contribution in [0.3, 0.4) is 0 Å². The molecule has 0 radical (unpaired) electrons. The van der Waals surface area contributed by atoms with Crippen LogP contribution in [0.4, 0.5) is 10.8 Å². The minimum absolute atomic E-state index is 0.00515. The SMILES string of the molecule is Cc1cccc2cc(C3C(Cl)C(=O)N3Nc3nc(-c4ccc([N+](=O)[O-])cc4)cs3)c(Cl)nc12. The van der Waals surface area contributed by atoms with Crippen molar-refractivity contribution in [1.82, 2.24) is 15.0 Å². The molecular weight excluding hydrogens is 485 g/mol. The topological polar surface area (TPSA) is 101 Å². The molecule has 1 amide bonds. The van der Waals surface area contributed by atoms with E-state index in [1.165, 1.54) is 28.5 Å². The summed E-state index contributed by atoms with van der Waals surface area (Å²) in [5, 5.41) is 14.9. The molecule has 11 heteroatoms. The number of amides is 1. The van der Waals surface area contributed by atoms with Crippen LogP contribution in [0.1, 0.15) is 17.2 Å². The molecule has 0 aliphatic carbocycles. The van der Waals surface area contributed by atoms with Gasteiger partial charge in [0.15, 0.2) is 0 Å². The third kappa shape index (κ3) is 3.78. The predicted molar refractivity (Wildman–Crippen MR) is 129 cm³/mol. The Morgan fingerprint density at radius 2 is 1.94 bits per heavy atom. The highest BCUT2D eigenvalue weighted by Gasteiger charge is 2.49. The summed E-state index contributed by atoms with van der Waals surface area (Å²) in [4.78, 5) is 32.0. The molecule has 33 heavy (non-hydrogen) atoms. The van der Waals surface area contributed by atoms with Crippen LogP contribution in [0.2, 0.25) is 5.15 Å². The van der Waals surface area contributed by atoms with Crippen LogP contribution in [0, 0.1) is 17.0 Å². The van der Waals surface area contributed by atoms with Crippen molar-refractivity contribution >= 4 is 62.2 Å². The molecule has 1 N–H and O–H groups in total. The highest BCUT2D eigenvalue weighted by atomic mass is 35.5. The number of non-ortho nitro benzene ring substituents is 1. The minimum Gasteiger partial charge on any atom is -0.271 e. The van der Waals surface area contributed by atoms with Gasteiger partial charge in [-0.05, 0) is 30.7 Å². The molecule has 3 heterocycles. The first-order valence-electron chi connectivity index (χ1n) is 9.83. The van der Waals surface area contributed by atoms with Crippen molar-refractivity contribution in [3.63, 3.8) is 0 Å². The molecule has 1 saturated heterocycles. The molecule has 8 nitrogen and oxygen atoms in total. The van der Waals surface area contributed by atoms with Gasteiger partial charge in [-0.25, -0.2) is 15.0 Å². The van der Waals surface area contributed by atoms with Crippen molar-refractivity contribution in [2.24, 2.45) is 0 Å². The molecule has 0 saturated carbocycles. The predicted octanol–water partition coefficient (Wildman–Crippen LogP) is 5.75. The van der Waals surface area contributed by atoms with Crippen molar-refractivity contribution in [3.05, 3.63) is 80.3 Å². The Balaban J connectivity index is 1.41. The number of aryl methyl sites for hydroxylation is 1. The first kappa shape index (κ1) is 21.6. The monoisotopic (exact) mass is 499 g/mol. The number of alkyl halides is 1. The second-order valence-electron chi connectivity index (χ2n) is 7.52. The van der Waals surface area contributed by atoms with Crippen molar-refractivity contribution in [2.45, 2.75) is 18.3 Å². The Morgan fingerprint density at radius 1 is 1.18 bits per heavy atom. The molecule has 2 aromatic heterocycles. The summed E-state index contributed by atoms with van der Waals surface area (Å²) >= 11 is 14.2. The lowest BCUT2D eigenvalue weighted by atomic mass is 9.95. The summed E-state index contributed by atoms with van der Waals surface area (Å²) in [6, 6.07) is 13.3. The quantitative estimate of drug-likeness (QED) is 0.123. The van der Waals surface area contributed by atoms with Gasteiger partial charge in [-0.3, -0.25) is 20.3 Å². The zero-order valence-electron chi connectivity index (χ0n) is 17.0. The average Bonchev–Trinajstić information content (AvgIpc) is 3.28. The van der Waals surface area contributed by atoms with Gasteiger partial charge in [0.2, 0.25) is 5.13 Å². The molecule has 2 unspecified atom stereocenters. The number of carbonyl (C=O) groups excluding carboxylic acids is 1. The number of thiazole rings is 1. The second kappa shape index (κ2) is 8.26. The molecule has 1 aliphatic rings. The minimum atomic E-state index is -0.784. The molecule has 2 aromatic carbocycles. The van der Waals surface area contributed by atoms with Crippen LogP contribution in [0.25, 0.3) is 22.2 Å². The van der Waals surface area contributed by atoms with E-state index in [2.05, 4.69) is 15.4 Å². The van der Waals surface area contributed by atoms with Gasteiger partial charge in [0, 0.05) is 34.0 Å². The van der Waals surface area contributed by atoms with Crippen LogP contribution in [-0.2, 0) is 4.79 Å². The second-order valence-corrected chi connectivity index (χ2v) is 9.21. The number of halogens is 2. The summed E-state index contributed by atoms with van der Waals surface area (Å²) in [6.45, 7) is 1.96. The lowest BCUT2D eigenvalue weighted by Gasteiger charge is -2.44. The number of anilines is 1. The molecule has 1 aliphatic heterocycles. The number of carbonyl (C=O) groups is 1. The maximum atomic E-state index is 12.5. The van der Waals surface area contributed by atoms with Crippen LogP contribution >= 0.6 is 34.5 Å². The number of rotatable bonds is 5. The highest BCUT2D eigenvalue weighted by Crippen LogP contribution is 2.42. The van der Waals surface area contributed by atoms with Gasteiger partial charge in [0.1, 0.15) is 16.6 Å². The van der Waals surface area contributed by atoms with Crippen LogP contribution < -0.4 is 5.43 Å². The Hall–Kier alpha value is -3.27. The van der Waals surface area contributed by atoms with Crippen molar-refractivity contribution in [2.75, 3.05) is 5.43 Å². The fourth-order valence-electron chi connectivity index (χ4n) is 3.74. The van der Waals surface area contributed by atoms with E-state index >= 15 is 0 Å². The number of nitrogens with one attached hydrogen (secondary N) is 1. The molecule has 166 valence electrons. The first-order valence-corrected chi connectivity index (χ1v) is 11.5. The summed E-state index contributed by atoms with van der Waals surface area (Å²) in [5.41, 5.74) is 6.84. The lowest BCUT2D eigenvalue weighted by molar-refractivity contribution is -0.384. The zero-order valence-corrected chi connectivity index (χ0v) is 19.4. The molecular formula is C22H15Cl2N5O3S. The van der Waals surface area contributed by atoms with E-state index in [0.29, 0.717) is 16.4 Å². The zero-order chi connectivity index (χ0) is 23.3. The van der Waals surface area contributed by atoms with Crippen molar-refractivity contribution < 1.29 is 9.72 Å². The number of aromatic nitrogens is 2. The largest absolute Gasteiger partial charge is 0.271 e. The fraction of sp³-hybridized carbons (Fsp3) is 0.136. The lowest BCUT2D eigenvalue weighted by Crippen LogP contribution is -2.58. The van der Waals surface area contributed by atoms with Crippen molar-refractivity contribution in [3.8, 4) is 11.3 Å². The van der Waals surface area contributed by atoms with Gasteiger partial charge in [0.25, 0.3) is 11.6 Å². The summed E-state index contributed by atoms with van der Waals surface area (Å²) in [6.07, 6.45) is 0. The number of hydrogen-bond acceptors (Lipinski definition) is 7. The van der Waals surface area contributed by atoms with E-state index in [0.717, 1.165) is 22.0 Å². The van der Waals surface area contributed by atoms with E-state index in [1.54, 1.807) is 17.5 Å². The standard InChI is InChI=1S/C22H15Cl2N5O3S/c1-11-3-2-4-13-9-15(20(24)26-18(11)13)19-17(23)21(30)28(19)27-22-25-16(10-33-22)12-5-7-14(8-6-12)29(31)32/h2-10,17,19H,1H3,(H,25,27). The van der Waals surface area contributed by atoms with Crippen LogP contribution in [-0.4, -0.2) is 31.2 Å². The molecule has 0 spiro atoms. The van der Waals surface area contributed by atoms with Gasteiger partial charge in [-0.1, -0.05) is 29.8 Å². The van der Waals surface area contributed by atoms with E-state index < -0.39 is 16.3 Å². The molecule has 5 rings (SSSR count). The number of benzene rings is 2. The number of pyridine rings is 1. The molecule has 1 fully saturated rings. The number of nitrogens with zero attached hydrogens (tertiary/aromatic N) is 4. The third-order valence-electron chi connectivity index (χ3n) is 5.47. The highest BCUT2D eigenvalue weighted by molar-refractivity contribution is 7.14. The van der Waals surface area contributed by atoms with Crippen molar-refractivity contribution in [1.29, 1.82) is 0 Å². The Bertz CT molecular complexity index is 1410. The number of hydrazine groups is 1. The fourth-order valence-corrected chi connectivity index (χ4v) is 5.06. The average molecular weight is 500 g/mol. The van der Waals surface area contributed by atoms with Crippen LogP contribution in [0.5, 0.6) is 0 Å². The van der Waals surface area contributed by atoms with Gasteiger partial charge in [-0.15, -0.1) is 22.9 Å². The maximum absolute atomic E-state index is 12.5. The van der Waals surface area contributed by atoms with Crippen LogP contribution in [0.15, 0.2) is 53.9 Å². The number of fused-ring (bicyclic) bond motifs is 1. The molecule has 0 bridgehead atoms. The number of nitro groups is 1. The number of hydrogen-bond donors (Lipinski definition) is 1. The van der Waals surface area contributed by atoms with Gasteiger partial charge >= 0.3 is 0 Å². The smallest absolute Gasteiger partial charge is 0.269 e. The van der Waals surface area contributed by atoms with Gasteiger partial charge in [-0.2, -0.15) is 0 Å². The molecule has 2 atom stereocenters. The third-order valence-corrected chi connectivity index (χ3v) is 6.94. The number of para-hydroxylation sites is 1. The Labute approximate surface area is 201 Å². The number of β-lactam (4-membered cyclic amide) rings is 1. The summed E-state index contributed by atoms with van der Waals surface area (Å²) in [5.74, 6) is -0.297. The van der Waals surface area contributed by atoms with E-state index in [-0.39, 0.29) is 16.7 Å². The van der Waals surface area contributed by atoms with E-state index in [9.17, 15) is 14.9 Å². The Kier molecular flexibility index (Phi) is 5.40. The number of nitro benzene ring substituents is 1. The van der Waals surface area contributed by atoms with E-state index in [1.807, 2.05) is 31.2 Å².